The first kappa shape index (κ1) is 17.2. The predicted molar refractivity (Wildman–Crippen MR) is 90.4 cm³/mol. The molecule has 0 aliphatic heterocycles. The standard InChI is InChI=1S/C18H24FN3O/c1-7-21(15-10-8-9-12(2)16(15)19)17(23)14-11-20-22(13(14)3)18(4,5)6/h8-11H,7H2,1-6H3. The van der Waals surface area contributed by atoms with E-state index in [1.54, 1.807) is 31.3 Å². The van der Waals surface area contributed by atoms with Gasteiger partial charge in [0.25, 0.3) is 5.91 Å². The van der Waals surface area contributed by atoms with Crippen LogP contribution in [0.25, 0.3) is 0 Å². The number of carbonyl (C=O) groups is 1. The fourth-order valence-corrected chi connectivity index (χ4v) is 2.71. The van der Waals surface area contributed by atoms with Crippen molar-refractivity contribution in [1.29, 1.82) is 0 Å². The maximum Gasteiger partial charge on any atom is 0.261 e. The molecule has 0 bridgehead atoms. The lowest BCUT2D eigenvalue weighted by Gasteiger charge is -2.24. The van der Waals surface area contributed by atoms with Gasteiger partial charge in [-0.15, -0.1) is 0 Å². The Labute approximate surface area is 136 Å². The molecule has 0 radical (unpaired) electrons. The second-order valence-electron chi connectivity index (χ2n) is 6.68. The maximum absolute atomic E-state index is 14.4. The van der Waals surface area contributed by atoms with Crippen molar-refractivity contribution in [3.63, 3.8) is 0 Å². The summed E-state index contributed by atoms with van der Waals surface area (Å²) in [5.41, 5.74) is 1.90. The van der Waals surface area contributed by atoms with E-state index >= 15 is 0 Å². The highest BCUT2D eigenvalue weighted by Gasteiger charge is 2.26. The zero-order chi connectivity index (χ0) is 17.4. The lowest BCUT2D eigenvalue weighted by atomic mass is 10.1. The lowest BCUT2D eigenvalue weighted by molar-refractivity contribution is 0.0986. The summed E-state index contributed by atoms with van der Waals surface area (Å²) in [6, 6.07) is 5.09. The van der Waals surface area contributed by atoms with Crippen molar-refractivity contribution in [3.8, 4) is 0 Å². The molecule has 5 heteroatoms. The number of nitrogens with zero attached hydrogens (tertiary/aromatic N) is 3. The van der Waals surface area contributed by atoms with Crippen molar-refractivity contribution in [3.05, 3.63) is 47.0 Å². The molecule has 0 unspecified atom stereocenters. The third-order valence-corrected chi connectivity index (χ3v) is 3.90. The zero-order valence-electron chi connectivity index (χ0n) is 14.6. The van der Waals surface area contributed by atoms with E-state index in [0.29, 0.717) is 23.4 Å². The van der Waals surface area contributed by atoms with Gasteiger partial charge >= 0.3 is 0 Å². The Hall–Kier alpha value is -2.17. The molecule has 2 rings (SSSR count). The fraction of sp³-hybridized carbons (Fsp3) is 0.444. The molecule has 0 spiro atoms. The lowest BCUT2D eigenvalue weighted by Crippen LogP contribution is -2.32. The van der Waals surface area contributed by atoms with Gasteiger partial charge in [-0.2, -0.15) is 5.10 Å². The zero-order valence-corrected chi connectivity index (χ0v) is 14.6. The first-order valence-corrected chi connectivity index (χ1v) is 7.80. The Morgan fingerprint density at radius 3 is 2.48 bits per heavy atom. The maximum atomic E-state index is 14.4. The SMILES string of the molecule is CCN(C(=O)c1cnn(C(C)(C)C)c1C)c1cccc(C)c1F. The molecule has 1 heterocycles. The molecule has 2 aromatic rings. The van der Waals surface area contributed by atoms with Crippen LogP contribution in [0.2, 0.25) is 0 Å². The molecule has 0 atom stereocenters. The molecular weight excluding hydrogens is 293 g/mol. The Balaban J connectivity index is 2.46. The predicted octanol–water partition coefficient (Wildman–Crippen LogP) is 4.06. The number of amides is 1. The quantitative estimate of drug-likeness (QED) is 0.856. The molecule has 4 nitrogen and oxygen atoms in total. The normalized spacial score (nSPS) is 11.6. The third-order valence-electron chi connectivity index (χ3n) is 3.90. The van der Waals surface area contributed by atoms with Crippen molar-refractivity contribution < 1.29 is 9.18 Å². The summed E-state index contributed by atoms with van der Waals surface area (Å²) in [5, 5.41) is 4.33. The third kappa shape index (κ3) is 3.14. The summed E-state index contributed by atoms with van der Waals surface area (Å²) in [7, 11) is 0. The highest BCUT2D eigenvalue weighted by atomic mass is 19.1. The van der Waals surface area contributed by atoms with Crippen LogP contribution in [0.15, 0.2) is 24.4 Å². The number of hydrogen-bond donors (Lipinski definition) is 0. The first-order valence-electron chi connectivity index (χ1n) is 7.80. The number of benzene rings is 1. The molecular formula is C18H24FN3O. The number of rotatable bonds is 3. The van der Waals surface area contributed by atoms with Crippen LogP contribution in [0.1, 0.15) is 49.3 Å². The van der Waals surface area contributed by atoms with E-state index in [4.69, 9.17) is 0 Å². The van der Waals surface area contributed by atoms with Gasteiger partial charge in [0.2, 0.25) is 0 Å². The molecule has 124 valence electrons. The van der Waals surface area contributed by atoms with Crippen LogP contribution in [0, 0.1) is 19.7 Å². The van der Waals surface area contributed by atoms with E-state index < -0.39 is 0 Å². The number of anilines is 1. The van der Waals surface area contributed by atoms with Gasteiger partial charge in [0, 0.05) is 12.2 Å². The number of aryl methyl sites for hydroxylation is 1. The van der Waals surface area contributed by atoms with Crippen LogP contribution in [-0.4, -0.2) is 22.2 Å². The summed E-state index contributed by atoms with van der Waals surface area (Å²) in [4.78, 5) is 14.4. The molecule has 1 amide bonds. The summed E-state index contributed by atoms with van der Waals surface area (Å²) in [6.07, 6.45) is 1.57. The van der Waals surface area contributed by atoms with Crippen molar-refractivity contribution in [1.82, 2.24) is 9.78 Å². The van der Waals surface area contributed by atoms with E-state index in [2.05, 4.69) is 5.10 Å². The number of halogens is 1. The van der Waals surface area contributed by atoms with Crippen LogP contribution in [0.4, 0.5) is 10.1 Å². The van der Waals surface area contributed by atoms with Crippen molar-refractivity contribution >= 4 is 11.6 Å². The second kappa shape index (κ2) is 6.14. The number of hydrogen-bond acceptors (Lipinski definition) is 2. The average Bonchev–Trinajstić information content (AvgIpc) is 2.85. The molecule has 23 heavy (non-hydrogen) atoms. The summed E-state index contributed by atoms with van der Waals surface area (Å²) in [6.45, 7) is 11.9. The van der Waals surface area contributed by atoms with Crippen LogP contribution >= 0.6 is 0 Å². The largest absolute Gasteiger partial charge is 0.306 e. The van der Waals surface area contributed by atoms with Gasteiger partial charge in [0.05, 0.1) is 23.0 Å². The van der Waals surface area contributed by atoms with Crippen LogP contribution in [-0.2, 0) is 5.54 Å². The molecule has 0 saturated heterocycles. The van der Waals surface area contributed by atoms with Crippen LogP contribution in [0.5, 0.6) is 0 Å². The Morgan fingerprint density at radius 1 is 1.30 bits per heavy atom. The van der Waals surface area contributed by atoms with E-state index in [1.807, 2.05) is 39.3 Å². The van der Waals surface area contributed by atoms with Crippen molar-refractivity contribution in [2.24, 2.45) is 0 Å². The Kier molecular flexibility index (Phi) is 4.59. The van der Waals surface area contributed by atoms with E-state index in [9.17, 15) is 9.18 Å². The summed E-state index contributed by atoms with van der Waals surface area (Å²) < 4.78 is 16.2. The van der Waals surface area contributed by atoms with Crippen molar-refractivity contribution in [2.45, 2.75) is 47.1 Å². The molecule has 0 N–H and O–H groups in total. The van der Waals surface area contributed by atoms with E-state index in [1.165, 1.54) is 4.90 Å². The highest BCUT2D eigenvalue weighted by molar-refractivity contribution is 6.06. The van der Waals surface area contributed by atoms with Gasteiger partial charge in [-0.3, -0.25) is 9.48 Å². The minimum atomic E-state index is -0.358. The van der Waals surface area contributed by atoms with Gasteiger partial charge in [0.1, 0.15) is 5.82 Å². The summed E-state index contributed by atoms with van der Waals surface area (Å²) >= 11 is 0. The van der Waals surface area contributed by atoms with Gasteiger partial charge < -0.3 is 4.90 Å². The molecule has 0 aliphatic carbocycles. The average molecular weight is 317 g/mol. The monoisotopic (exact) mass is 317 g/mol. The number of aromatic nitrogens is 2. The Bertz CT molecular complexity index is 728. The van der Waals surface area contributed by atoms with Crippen LogP contribution < -0.4 is 4.90 Å². The first-order chi connectivity index (χ1) is 10.7. The van der Waals surface area contributed by atoms with Crippen LogP contribution in [0.3, 0.4) is 0 Å². The smallest absolute Gasteiger partial charge is 0.261 e. The minimum absolute atomic E-state index is 0.214. The van der Waals surface area contributed by atoms with Gasteiger partial charge in [-0.1, -0.05) is 12.1 Å². The fourth-order valence-electron chi connectivity index (χ4n) is 2.71. The topological polar surface area (TPSA) is 38.1 Å². The molecule has 0 saturated carbocycles. The molecule has 1 aromatic carbocycles. The second-order valence-corrected chi connectivity index (χ2v) is 6.68. The van der Waals surface area contributed by atoms with Crippen molar-refractivity contribution in [2.75, 3.05) is 11.4 Å². The number of carbonyl (C=O) groups excluding carboxylic acids is 1. The molecule has 0 aliphatic rings. The summed E-state index contributed by atoms with van der Waals surface area (Å²) in [5.74, 6) is -0.589. The van der Waals surface area contributed by atoms with Gasteiger partial charge in [-0.05, 0) is 53.2 Å². The molecule has 1 aromatic heterocycles. The van der Waals surface area contributed by atoms with Gasteiger partial charge in [-0.25, -0.2) is 4.39 Å². The molecule has 0 fully saturated rings. The Morgan fingerprint density at radius 2 is 1.96 bits per heavy atom. The highest BCUT2D eigenvalue weighted by Crippen LogP contribution is 2.25. The van der Waals surface area contributed by atoms with E-state index in [0.717, 1.165) is 5.69 Å². The van der Waals surface area contributed by atoms with Gasteiger partial charge in [0.15, 0.2) is 0 Å². The minimum Gasteiger partial charge on any atom is -0.306 e. The van der Waals surface area contributed by atoms with E-state index in [-0.39, 0.29) is 17.3 Å².